The van der Waals surface area contributed by atoms with Gasteiger partial charge in [0, 0.05) is 4.47 Å². The summed E-state index contributed by atoms with van der Waals surface area (Å²) in [5.41, 5.74) is 5.50. The number of ether oxygens (including phenoxy) is 1. The van der Waals surface area contributed by atoms with Crippen molar-refractivity contribution < 1.29 is 18.7 Å². The van der Waals surface area contributed by atoms with Gasteiger partial charge >= 0.3 is 0 Å². The second-order valence-electron chi connectivity index (χ2n) is 6.48. The molecule has 2 aromatic heterocycles. The maximum absolute atomic E-state index is 14.4. The molecule has 0 unspecified atom stereocenters. The van der Waals surface area contributed by atoms with E-state index in [1.807, 2.05) is 0 Å². The van der Waals surface area contributed by atoms with Crippen LogP contribution < -0.4 is 21.1 Å². The molecule has 154 valence electrons. The summed E-state index contributed by atoms with van der Waals surface area (Å²) in [5.74, 6) is -1.08. The van der Waals surface area contributed by atoms with Gasteiger partial charge in [-0.1, -0.05) is 11.3 Å². The van der Waals surface area contributed by atoms with E-state index in [1.54, 1.807) is 12.1 Å². The highest BCUT2D eigenvalue weighted by Gasteiger charge is 2.23. The van der Waals surface area contributed by atoms with E-state index in [0.29, 0.717) is 5.75 Å². The molecule has 1 aliphatic carbocycles. The molecule has 11 heteroatoms. The number of nitrogens with two attached hydrogens (primary N) is 1. The molecule has 2 heterocycles. The van der Waals surface area contributed by atoms with E-state index < -0.39 is 17.6 Å². The van der Waals surface area contributed by atoms with Crippen molar-refractivity contribution in [1.82, 2.24) is 9.97 Å². The van der Waals surface area contributed by atoms with Crippen LogP contribution in [-0.4, -0.2) is 27.9 Å². The number of rotatable bonds is 6. The summed E-state index contributed by atoms with van der Waals surface area (Å²) in [5, 5.41) is 5.39. The Morgan fingerprint density at radius 3 is 2.60 bits per heavy atom. The number of carbonyl (C=O) groups is 2. The summed E-state index contributed by atoms with van der Waals surface area (Å²) in [6.45, 7) is 0. The number of nitrogens with zero attached hydrogens (tertiary/aromatic N) is 2. The number of hydrogen-bond acceptors (Lipinski definition) is 7. The van der Waals surface area contributed by atoms with Crippen molar-refractivity contribution in [1.29, 1.82) is 0 Å². The molecule has 8 nitrogen and oxygen atoms in total. The van der Waals surface area contributed by atoms with Crippen molar-refractivity contribution in [3.05, 3.63) is 57.4 Å². The van der Waals surface area contributed by atoms with Gasteiger partial charge in [0.15, 0.2) is 5.13 Å². The molecule has 1 aliphatic rings. The zero-order valence-corrected chi connectivity index (χ0v) is 17.7. The monoisotopic (exact) mass is 491 g/mol. The molecule has 0 aliphatic heterocycles. The highest BCUT2D eigenvalue weighted by molar-refractivity contribution is 9.10. The number of amides is 2. The third-order valence-corrected chi connectivity index (χ3v) is 5.58. The van der Waals surface area contributed by atoms with Crippen LogP contribution >= 0.6 is 27.3 Å². The predicted molar refractivity (Wildman–Crippen MR) is 114 cm³/mol. The minimum Gasteiger partial charge on any atom is -0.489 e. The molecule has 1 fully saturated rings. The fourth-order valence-electron chi connectivity index (χ4n) is 2.48. The number of pyridine rings is 1. The molecular formula is C19H15BrFN5O3S. The zero-order chi connectivity index (χ0) is 21.3. The van der Waals surface area contributed by atoms with Crippen LogP contribution in [0.4, 0.5) is 21.0 Å². The number of aromatic nitrogens is 2. The van der Waals surface area contributed by atoms with Crippen LogP contribution in [0, 0.1) is 5.82 Å². The van der Waals surface area contributed by atoms with Gasteiger partial charge in [0.1, 0.15) is 22.3 Å². The summed E-state index contributed by atoms with van der Waals surface area (Å²) < 4.78 is 20.3. The molecule has 0 saturated heterocycles. The van der Waals surface area contributed by atoms with Crippen LogP contribution in [0.3, 0.4) is 0 Å². The van der Waals surface area contributed by atoms with Crippen molar-refractivity contribution in [3.8, 4) is 5.75 Å². The zero-order valence-electron chi connectivity index (χ0n) is 15.3. The second kappa shape index (κ2) is 8.36. The first kappa shape index (κ1) is 20.2. The van der Waals surface area contributed by atoms with Gasteiger partial charge in [-0.3, -0.25) is 9.59 Å². The third kappa shape index (κ3) is 4.74. The maximum atomic E-state index is 14.4. The van der Waals surface area contributed by atoms with E-state index in [1.165, 1.54) is 18.5 Å². The van der Waals surface area contributed by atoms with Crippen LogP contribution in [0.2, 0.25) is 0 Å². The first-order chi connectivity index (χ1) is 14.4. The molecule has 1 saturated carbocycles. The smallest absolute Gasteiger partial charge is 0.267 e. The van der Waals surface area contributed by atoms with Crippen molar-refractivity contribution in [2.24, 2.45) is 0 Å². The van der Waals surface area contributed by atoms with Gasteiger partial charge in [0.05, 0.1) is 29.7 Å². The average Bonchev–Trinajstić information content (AvgIpc) is 3.42. The number of anilines is 3. The van der Waals surface area contributed by atoms with Crippen LogP contribution in [0.25, 0.3) is 0 Å². The number of halogens is 2. The van der Waals surface area contributed by atoms with Gasteiger partial charge in [-0.25, -0.2) is 14.4 Å². The molecule has 0 atom stereocenters. The molecular weight excluding hydrogens is 477 g/mol. The Morgan fingerprint density at radius 2 is 1.97 bits per heavy atom. The first-order valence-corrected chi connectivity index (χ1v) is 10.5. The highest BCUT2D eigenvalue weighted by Crippen LogP contribution is 2.29. The molecule has 1 aromatic carbocycles. The lowest BCUT2D eigenvalue weighted by atomic mass is 10.1. The lowest BCUT2D eigenvalue weighted by Gasteiger charge is -2.11. The van der Waals surface area contributed by atoms with Gasteiger partial charge in [0.2, 0.25) is 0 Å². The summed E-state index contributed by atoms with van der Waals surface area (Å²) in [6.07, 6.45) is 5.12. The summed E-state index contributed by atoms with van der Waals surface area (Å²) >= 11 is 4.20. The van der Waals surface area contributed by atoms with E-state index in [4.69, 9.17) is 10.5 Å². The lowest BCUT2D eigenvalue weighted by molar-refractivity contribution is 0.101. The Kier molecular flexibility index (Phi) is 5.64. The lowest BCUT2D eigenvalue weighted by Crippen LogP contribution is -2.17. The van der Waals surface area contributed by atoms with Crippen molar-refractivity contribution in [2.75, 3.05) is 16.4 Å². The number of benzene rings is 1. The molecule has 3 aromatic rings. The summed E-state index contributed by atoms with van der Waals surface area (Å²) in [6, 6.07) is 5.60. The maximum Gasteiger partial charge on any atom is 0.267 e. The summed E-state index contributed by atoms with van der Waals surface area (Å²) in [7, 11) is 0. The molecule has 0 radical (unpaired) electrons. The van der Waals surface area contributed by atoms with E-state index in [2.05, 4.69) is 36.5 Å². The van der Waals surface area contributed by atoms with Crippen LogP contribution in [0.5, 0.6) is 5.75 Å². The Morgan fingerprint density at radius 1 is 1.17 bits per heavy atom. The van der Waals surface area contributed by atoms with Crippen molar-refractivity contribution in [3.63, 3.8) is 0 Å². The second-order valence-corrected chi connectivity index (χ2v) is 8.40. The van der Waals surface area contributed by atoms with Crippen molar-refractivity contribution in [2.45, 2.75) is 18.9 Å². The highest BCUT2D eigenvalue weighted by atomic mass is 79.9. The number of hydrogen-bond donors (Lipinski definition) is 3. The van der Waals surface area contributed by atoms with Crippen molar-refractivity contribution >= 4 is 55.7 Å². The van der Waals surface area contributed by atoms with Crippen LogP contribution in [-0.2, 0) is 0 Å². The predicted octanol–water partition coefficient (Wildman–Crippen LogP) is 4.07. The molecule has 2 amide bonds. The minimum atomic E-state index is -0.756. The Hall–Kier alpha value is -3.05. The fourth-order valence-corrected chi connectivity index (χ4v) is 3.48. The Labute approximate surface area is 182 Å². The summed E-state index contributed by atoms with van der Waals surface area (Å²) in [4.78, 5) is 33.1. The number of thiazole rings is 1. The molecule has 30 heavy (non-hydrogen) atoms. The Balaban J connectivity index is 1.49. The minimum absolute atomic E-state index is 0.222. The standard InChI is InChI=1S/C19H15BrFN5O3S/c20-12-6-13(21)11(5-14(12)25-18(28)15-8-24-19(22)30-15)17(27)26-16-4-3-10(7-23-16)29-9-1-2-9/h3-9H,1-2H2,(H2,22,24)(H,25,28)(H,23,26,27). The average molecular weight is 492 g/mol. The van der Waals surface area contributed by atoms with Crippen LogP contribution in [0.15, 0.2) is 41.1 Å². The Bertz CT molecular complexity index is 1120. The molecule has 0 bridgehead atoms. The fraction of sp³-hybridized carbons (Fsp3) is 0.158. The molecule has 4 N–H and O–H groups in total. The van der Waals surface area contributed by atoms with E-state index in [9.17, 15) is 14.0 Å². The third-order valence-electron chi connectivity index (χ3n) is 4.10. The van der Waals surface area contributed by atoms with Gasteiger partial charge in [-0.2, -0.15) is 0 Å². The first-order valence-electron chi connectivity index (χ1n) is 8.85. The van der Waals surface area contributed by atoms with E-state index in [-0.39, 0.29) is 37.7 Å². The SMILES string of the molecule is Nc1ncc(C(=O)Nc2cc(C(=O)Nc3ccc(OC4CC4)cn3)c(F)cc2Br)s1. The van der Waals surface area contributed by atoms with Gasteiger partial charge < -0.3 is 21.1 Å². The number of nitrogen functional groups attached to an aromatic ring is 1. The van der Waals surface area contributed by atoms with E-state index in [0.717, 1.165) is 30.2 Å². The largest absolute Gasteiger partial charge is 0.489 e. The van der Waals surface area contributed by atoms with E-state index >= 15 is 0 Å². The quantitative estimate of drug-likeness (QED) is 0.478. The topological polar surface area (TPSA) is 119 Å². The number of nitrogens with one attached hydrogen (secondary N) is 2. The molecule has 0 spiro atoms. The van der Waals surface area contributed by atoms with Gasteiger partial charge in [-0.05, 0) is 53.0 Å². The van der Waals surface area contributed by atoms with Crippen LogP contribution in [0.1, 0.15) is 32.9 Å². The molecule has 4 rings (SSSR count). The van der Waals surface area contributed by atoms with Gasteiger partial charge in [0.25, 0.3) is 11.8 Å². The van der Waals surface area contributed by atoms with Gasteiger partial charge in [-0.15, -0.1) is 0 Å². The number of carbonyl (C=O) groups excluding carboxylic acids is 2. The normalized spacial score (nSPS) is 13.0.